The average molecular weight is 286 g/mol. The summed E-state index contributed by atoms with van der Waals surface area (Å²) < 4.78 is 27.6. The number of rotatable bonds is 6. The fourth-order valence-electron chi connectivity index (χ4n) is 1.69. The average Bonchev–Trinajstić information content (AvgIpc) is 2.32. The van der Waals surface area contributed by atoms with Crippen molar-refractivity contribution in [3.63, 3.8) is 0 Å². The number of nitrogens with zero attached hydrogens (tertiary/aromatic N) is 1. The summed E-state index contributed by atoms with van der Waals surface area (Å²) in [4.78, 5) is 11.0. The lowest BCUT2D eigenvalue weighted by molar-refractivity contribution is 0.0696. The van der Waals surface area contributed by atoms with Crippen molar-refractivity contribution < 1.29 is 18.3 Å². The highest BCUT2D eigenvalue weighted by molar-refractivity contribution is 7.90. The Morgan fingerprint density at radius 1 is 1.32 bits per heavy atom. The van der Waals surface area contributed by atoms with Crippen molar-refractivity contribution in [1.29, 1.82) is 0 Å². The third-order valence-corrected chi connectivity index (χ3v) is 4.45. The first kappa shape index (κ1) is 15.5. The minimum absolute atomic E-state index is 0.0831. The Bertz CT molecular complexity index is 565. The summed E-state index contributed by atoms with van der Waals surface area (Å²) in [6, 6.07) is 4.44. The molecule has 1 rings (SSSR count). The third kappa shape index (κ3) is 3.68. The van der Waals surface area contributed by atoms with Crippen LogP contribution in [0.15, 0.2) is 18.2 Å². The maximum atomic E-state index is 12.0. The van der Waals surface area contributed by atoms with Crippen molar-refractivity contribution >= 4 is 21.9 Å². The molecule has 106 valence electrons. The summed E-state index contributed by atoms with van der Waals surface area (Å²) in [5.74, 6) is -1.08. The summed E-state index contributed by atoms with van der Waals surface area (Å²) in [5.41, 5.74) is 0.910. The number of carbonyl (C=O) groups is 1. The first-order valence-corrected chi connectivity index (χ1v) is 7.37. The summed E-state index contributed by atoms with van der Waals surface area (Å²) in [7, 11) is -3.64. The molecule has 0 heterocycles. The minimum atomic E-state index is -3.64. The second-order valence-corrected chi connectivity index (χ2v) is 5.70. The van der Waals surface area contributed by atoms with E-state index in [1.165, 1.54) is 10.4 Å². The van der Waals surface area contributed by atoms with E-state index in [4.69, 9.17) is 5.11 Å². The standard InChI is InChI=1S/C12H18N2O4S/c1-4-14(5-2)19(17,18)13-10-7-6-9(3)11(8-10)12(15)16/h6-8,13H,4-5H2,1-3H3,(H,15,16). The van der Waals surface area contributed by atoms with E-state index in [9.17, 15) is 13.2 Å². The number of carboxylic acid groups (broad SMARTS) is 1. The highest BCUT2D eigenvalue weighted by atomic mass is 32.2. The Morgan fingerprint density at radius 2 is 1.89 bits per heavy atom. The lowest BCUT2D eigenvalue weighted by Gasteiger charge is -2.19. The van der Waals surface area contributed by atoms with Crippen LogP contribution in [0, 0.1) is 6.92 Å². The van der Waals surface area contributed by atoms with E-state index in [1.54, 1.807) is 32.9 Å². The van der Waals surface area contributed by atoms with Crippen LogP contribution in [0.2, 0.25) is 0 Å². The molecule has 0 amide bonds. The van der Waals surface area contributed by atoms with Gasteiger partial charge in [-0.25, -0.2) is 4.79 Å². The predicted octanol–water partition coefficient (Wildman–Crippen LogP) is 1.69. The van der Waals surface area contributed by atoms with Gasteiger partial charge in [-0.2, -0.15) is 12.7 Å². The van der Waals surface area contributed by atoms with Gasteiger partial charge in [-0.1, -0.05) is 19.9 Å². The normalized spacial score (nSPS) is 11.6. The maximum absolute atomic E-state index is 12.0. The molecule has 0 aliphatic heterocycles. The number of aromatic carboxylic acids is 1. The van der Waals surface area contributed by atoms with Crippen LogP contribution in [-0.4, -0.2) is 36.9 Å². The van der Waals surface area contributed by atoms with Gasteiger partial charge in [-0.05, 0) is 24.6 Å². The van der Waals surface area contributed by atoms with E-state index >= 15 is 0 Å². The molecule has 0 radical (unpaired) electrons. The first-order chi connectivity index (χ1) is 8.81. The molecule has 1 aromatic rings. The molecule has 0 aromatic heterocycles. The Hall–Kier alpha value is -1.60. The SMILES string of the molecule is CCN(CC)S(=O)(=O)Nc1ccc(C)c(C(=O)O)c1. The van der Waals surface area contributed by atoms with Crippen LogP contribution < -0.4 is 4.72 Å². The van der Waals surface area contributed by atoms with Crippen molar-refractivity contribution in [2.45, 2.75) is 20.8 Å². The van der Waals surface area contributed by atoms with Crippen molar-refractivity contribution in [3.05, 3.63) is 29.3 Å². The van der Waals surface area contributed by atoms with Gasteiger partial charge in [0.15, 0.2) is 0 Å². The predicted molar refractivity (Wildman–Crippen MR) is 73.6 cm³/mol. The van der Waals surface area contributed by atoms with Gasteiger partial charge in [0.05, 0.1) is 11.3 Å². The van der Waals surface area contributed by atoms with Crippen LogP contribution in [0.5, 0.6) is 0 Å². The number of anilines is 1. The molecule has 0 spiro atoms. The fraction of sp³-hybridized carbons (Fsp3) is 0.417. The summed E-state index contributed by atoms with van der Waals surface area (Å²) >= 11 is 0. The Kier molecular flexibility index (Phi) is 4.90. The topological polar surface area (TPSA) is 86.7 Å². The molecular weight excluding hydrogens is 268 g/mol. The molecule has 19 heavy (non-hydrogen) atoms. The smallest absolute Gasteiger partial charge is 0.336 e. The van der Waals surface area contributed by atoms with Crippen LogP contribution in [0.4, 0.5) is 5.69 Å². The van der Waals surface area contributed by atoms with E-state index in [2.05, 4.69) is 4.72 Å². The third-order valence-electron chi connectivity index (χ3n) is 2.76. The molecule has 0 fully saturated rings. The summed E-state index contributed by atoms with van der Waals surface area (Å²) in [5, 5.41) is 9.00. The largest absolute Gasteiger partial charge is 0.478 e. The van der Waals surface area contributed by atoms with E-state index < -0.39 is 16.2 Å². The van der Waals surface area contributed by atoms with Gasteiger partial charge >= 0.3 is 16.2 Å². The number of hydrogen-bond donors (Lipinski definition) is 2. The highest BCUT2D eigenvalue weighted by Crippen LogP contribution is 2.17. The Morgan fingerprint density at radius 3 is 2.37 bits per heavy atom. The van der Waals surface area contributed by atoms with Crippen LogP contribution >= 0.6 is 0 Å². The molecule has 2 N–H and O–H groups in total. The fourth-order valence-corrected chi connectivity index (χ4v) is 2.93. The van der Waals surface area contributed by atoms with Gasteiger partial charge in [-0.15, -0.1) is 0 Å². The van der Waals surface area contributed by atoms with Crippen LogP contribution in [0.3, 0.4) is 0 Å². The number of hydrogen-bond acceptors (Lipinski definition) is 3. The van der Waals surface area contributed by atoms with Gasteiger partial charge in [0.2, 0.25) is 0 Å². The van der Waals surface area contributed by atoms with Crippen molar-refractivity contribution in [2.75, 3.05) is 17.8 Å². The zero-order valence-corrected chi connectivity index (χ0v) is 12.0. The van der Waals surface area contributed by atoms with E-state index in [1.807, 2.05) is 0 Å². The van der Waals surface area contributed by atoms with Crippen LogP contribution in [0.25, 0.3) is 0 Å². The number of aryl methyl sites for hydroxylation is 1. The minimum Gasteiger partial charge on any atom is -0.478 e. The lowest BCUT2D eigenvalue weighted by Crippen LogP contribution is -2.35. The molecule has 0 unspecified atom stereocenters. The zero-order chi connectivity index (χ0) is 14.6. The van der Waals surface area contributed by atoms with Gasteiger partial charge in [-0.3, -0.25) is 4.72 Å². The van der Waals surface area contributed by atoms with E-state index in [0.29, 0.717) is 18.7 Å². The van der Waals surface area contributed by atoms with Crippen LogP contribution in [0.1, 0.15) is 29.8 Å². The molecule has 1 aromatic carbocycles. The van der Waals surface area contributed by atoms with E-state index in [-0.39, 0.29) is 11.3 Å². The molecular formula is C12H18N2O4S. The van der Waals surface area contributed by atoms with Crippen molar-refractivity contribution in [1.82, 2.24) is 4.31 Å². The number of nitrogens with one attached hydrogen (secondary N) is 1. The zero-order valence-electron chi connectivity index (χ0n) is 11.2. The van der Waals surface area contributed by atoms with Gasteiger partial charge < -0.3 is 5.11 Å². The molecule has 0 aliphatic rings. The van der Waals surface area contributed by atoms with Gasteiger partial charge in [0, 0.05) is 13.1 Å². The maximum Gasteiger partial charge on any atom is 0.336 e. The molecule has 0 saturated carbocycles. The Balaban J connectivity index is 3.07. The summed E-state index contributed by atoms with van der Waals surface area (Å²) in [6.45, 7) is 5.83. The first-order valence-electron chi connectivity index (χ1n) is 5.93. The molecule has 0 bridgehead atoms. The molecule has 7 heteroatoms. The monoisotopic (exact) mass is 286 g/mol. The van der Waals surface area contributed by atoms with Crippen LogP contribution in [-0.2, 0) is 10.2 Å². The molecule has 0 aliphatic carbocycles. The van der Waals surface area contributed by atoms with Gasteiger partial charge in [0.1, 0.15) is 0 Å². The summed E-state index contributed by atoms with van der Waals surface area (Å²) in [6.07, 6.45) is 0. The van der Waals surface area contributed by atoms with Crippen molar-refractivity contribution in [2.24, 2.45) is 0 Å². The van der Waals surface area contributed by atoms with Gasteiger partial charge in [0.25, 0.3) is 0 Å². The van der Waals surface area contributed by atoms with E-state index in [0.717, 1.165) is 0 Å². The number of carboxylic acids is 1. The lowest BCUT2D eigenvalue weighted by atomic mass is 10.1. The molecule has 6 nitrogen and oxygen atoms in total. The van der Waals surface area contributed by atoms with Crippen molar-refractivity contribution in [3.8, 4) is 0 Å². The number of benzene rings is 1. The highest BCUT2D eigenvalue weighted by Gasteiger charge is 2.19. The molecule has 0 atom stereocenters. The second kappa shape index (κ2) is 6.03. The Labute approximate surface area is 113 Å². The molecule has 0 saturated heterocycles. The second-order valence-electron chi connectivity index (χ2n) is 4.03. The quantitative estimate of drug-likeness (QED) is 0.833.